The molecule has 0 spiro atoms. The van der Waals surface area contributed by atoms with Crippen LogP contribution >= 0.6 is 0 Å². The van der Waals surface area contributed by atoms with E-state index in [-0.39, 0.29) is 17.7 Å². The first-order valence-corrected chi connectivity index (χ1v) is 14.3. The van der Waals surface area contributed by atoms with Gasteiger partial charge >= 0.3 is 0 Å². The summed E-state index contributed by atoms with van der Waals surface area (Å²) in [7, 11) is 3.95. The molecular weight excluding hydrogens is 542 g/mol. The second-order valence-electron chi connectivity index (χ2n) is 10.7. The maximum atomic E-state index is 12.8. The van der Waals surface area contributed by atoms with Crippen molar-refractivity contribution in [2.75, 3.05) is 48.0 Å². The first-order valence-electron chi connectivity index (χ1n) is 14.3. The van der Waals surface area contributed by atoms with Crippen molar-refractivity contribution in [1.29, 1.82) is 0 Å². The lowest BCUT2D eigenvalue weighted by Gasteiger charge is -2.16. The number of nitrogens with zero attached hydrogens (tertiary/aromatic N) is 4. The third-order valence-electron chi connectivity index (χ3n) is 7.06. The minimum atomic E-state index is -0.287. The smallest absolute Gasteiger partial charge is 0.255 e. The van der Waals surface area contributed by atoms with Crippen molar-refractivity contribution >= 4 is 46.3 Å². The fourth-order valence-electron chi connectivity index (χ4n) is 4.81. The van der Waals surface area contributed by atoms with E-state index in [0.29, 0.717) is 41.3 Å². The van der Waals surface area contributed by atoms with E-state index in [9.17, 15) is 14.4 Å². The lowest BCUT2D eigenvalue weighted by Crippen LogP contribution is -2.23. The van der Waals surface area contributed by atoms with Gasteiger partial charge in [-0.05, 0) is 93.6 Å². The van der Waals surface area contributed by atoms with Crippen LogP contribution in [0.4, 0.5) is 28.6 Å². The van der Waals surface area contributed by atoms with Crippen molar-refractivity contribution in [3.8, 4) is 11.1 Å². The highest BCUT2D eigenvalue weighted by Crippen LogP contribution is 2.27. The Morgan fingerprint density at radius 1 is 0.860 bits per heavy atom. The van der Waals surface area contributed by atoms with Gasteiger partial charge in [-0.15, -0.1) is 0 Å². The molecule has 3 amide bonds. The molecule has 3 N–H and O–H groups in total. The highest BCUT2D eigenvalue weighted by Gasteiger charge is 2.21. The van der Waals surface area contributed by atoms with Crippen molar-refractivity contribution in [2.24, 2.45) is 0 Å². The van der Waals surface area contributed by atoms with Crippen LogP contribution in [0.25, 0.3) is 11.1 Å². The van der Waals surface area contributed by atoms with Gasteiger partial charge < -0.3 is 25.8 Å². The van der Waals surface area contributed by atoms with Crippen molar-refractivity contribution in [1.82, 2.24) is 14.9 Å². The Kier molecular flexibility index (Phi) is 9.38. The Labute approximate surface area is 251 Å². The Balaban J connectivity index is 1.14. The number of amides is 3. The molecule has 0 radical (unpaired) electrons. The van der Waals surface area contributed by atoms with Gasteiger partial charge in [-0.1, -0.05) is 12.1 Å². The van der Waals surface area contributed by atoms with Crippen LogP contribution in [0.15, 0.2) is 85.3 Å². The zero-order valence-electron chi connectivity index (χ0n) is 24.3. The van der Waals surface area contributed by atoms with E-state index in [2.05, 4.69) is 25.9 Å². The monoisotopic (exact) mass is 577 g/mol. The summed E-state index contributed by atoms with van der Waals surface area (Å²) < 4.78 is 0. The second-order valence-corrected chi connectivity index (χ2v) is 10.7. The molecule has 0 atom stereocenters. The molecule has 0 bridgehead atoms. The Hall–Kier alpha value is -5.09. The summed E-state index contributed by atoms with van der Waals surface area (Å²) in [5, 5.41) is 8.95. The molecular formula is C33H35N7O3. The molecule has 1 aliphatic heterocycles. The van der Waals surface area contributed by atoms with Gasteiger partial charge in [0.2, 0.25) is 11.8 Å². The Bertz CT molecular complexity index is 1570. The van der Waals surface area contributed by atoms with Crippen LogP contribution in [0.3, 0.4) is 0 Å². The number of carbonyl (C=O) groups excluding carboxylic acids is 3. The summed E-state index contributed by atoms with van der Waals surface area (Å²) >= 11 is 0. The Morgan fingerprint density at radius 2 is 1.60 bits per heavy atom. The zero-order valence-corrected chi connectivity index (χ0v) is 24.3. The maximum Gasteiger partial charge on any atom is 0.255 e. The van der Waals surface area contributed by atoms with E-state index in [1.165, 1.54) is 0 Å². The maximum absolute atomic E-state index is 12.8. The topological polar surface area (TPSA) is 120 Å². The van der Waals surface area contributed by atoms with Gasteiger partial charge in [0.05, 0.1) is 23.8 Å². The number of benzene rings is 2. The highest BCUT2D eigenvalue weighted by molar-refractivity contribution is 6.04. The lowest BCUT2D eigenvalue weighted by atomic mass is 10.1. The van der Waals surface area contributed by atoms with E-state index in [4.69, 9.17) is 0 Å². The molecule has 2 aromatic heterocycles. The molecule has 0 saturated carbocycles. The number of pyridine rings is 2. The fourth-order valence-corrected chi connectivity index (χ4v) is 4.81. The van der Waals surface area contributed by atoms with E-state index in [1.54, 1.807) is 48.9 Å². The third-order valence-corrected chi connectivity index (χ3v) is 7.06. The average Bonchev–Trinajstić information content (AvgIpc) is 3.43. The summed E-state index contributed by atoms with van der Waals surface area (Å²) in [4.78, 5) is 49.6. The molecule has 43 heavy (non-hydrogen) atoms. The number of anilines is 5. The number of hydrogen-bond donors (Lipinski definition) is 3. The van der Waals surface area contributed by atoms with Gasteiger partial charge in [0.15, 0.2) is 0 Å². The summed E-state index contributed by atoms with van der Waals surface area (Å²) in [6.07, 6.45) is 7.74. The van der Waals surface area contributed by atoms with Gasteiger partial charge in [0.25, 0.3) is 5.91 Å². The molecule has 220 valence electrons. The van der Waals surface area contributed by atoms with Crippen LogP contribution in [-0.4, -0.2) is 59.8 Å². The van der Waals surface area contributed by atoms with Gasteiger partial charge in [-0.25, -0.2) is 4.98 Å². The first kappa shape index (κ1) is 29.4. The molecule has 1 fully saturated rings. The second kappa shape index (κ2) is 13.7. The molecule has 1 saturated heterocycles. The van der Waals surface area contributed by atoms with E-state index >= 15 is 0 Å². The molecule has 5 rings (SSSR count). The minimum Gasteiger partial charge on any atom is -0.339 e. The van der Waals surface area contributed by atoms with Crippen molar-refractivity contribution < 1.29 is 14.4 Å². The standard InChI is InChI=1S/C33H35N7O3/c1-39(2)17-3-5-31(41)37-26-12-7-24(8-13-26)33(43)38-28-19-27(21-34-22-28)36-30-16-11-25(20-35-30)23-9-14-29(15-10-23)40-18-4-6-32(40)42/h7-16,19-22H,3-6,17-18H2,1-2H3,(H,35,36)(H,37,41)(H,38,43). The van der Waals surface area contributed by atoms with Crippen LogP contribution < -0.4 is 20.9 Å². The minimum absolute atomic E-state index is 0.0520. The number of carbonyl (C=O) groups is 3. The first-order chi connectivity index (χ1) is 20.8. The van der Waals surface area contributed by atoms with Gasteiger partial charge in [-0.2, -0.15) is 0 Å². The van der Waals surface area contributed by atoms with Crippen LogP contribution in [-0.2, 0) is 9.59 Å². The quantitative estimate of drug-likeness (QED) is 0.214. The fraction of sp³-hybridized carbons (Fsp3) is 0.242. The van der Waals surface area contributed by atoms with Crippen molar-refractivity contribution in [3.63, 3.8) is 0 Å². The van der Waals surface area contributed by atoms with Crippen LogP contribution in [0.2, 0.25) is 0 Å². The predicted octanol–water partition coefficient (Wildman–Crippen LogP) is 5.55. The zero-order chi connectivity index (χ0) is 30.2. The average molecular weight is 578 g/mol. The highest BCUT2D eigenvalue weighted by atomic mass is 16.2. The summed E-state index contributed by atoms with van der Waals surface area (Å²) in [5.74, 6) is 0.465. The van der Waals surface area contributed by atoms with Crippen LogP contribution in [0, 0.1) is 0 Å². The van der Waals surface area contributed by atoms with E-state index < -0.39 is 0 Å². The summed E-state index contributed by atoms with van der Waals surface area (Å²) in [5.41, 5.74) is 5.19. The molecule has 1 aliphatic rings. The summed E-state index contributed by atoms with van der Waals surface area (Å²) in [6.45, 7) is 1.62. The lowest BCUT2D eigenvalue weighted by molar-refractivity contribution is -0.117. The molecule has 10 nitrogen and oxygen atoms in total. The van der Waals surface area contributed by atoms with Gasteiger partial charge in [0, 0.05) is 48.1 Å². The number of hydrogen-bond acceptors (Lipinski definition) is 7. The molecule has 0 aliphatic carbocycles. The molecule has 10 heteroatoms. The molecule has 4 aromatic rings. The number of aromatic nitrogens is 2. The number of nitrogens with one attached hydrogen (secondary N) is 3. The van der Waals surface area contributed by atoms with Crippen molar-refractivity contribution in [2.45, 2.75) is 25.7 Å². The normalized spacial score (nSPS) is 12.8. The van der Waals surface area contributed by atoms with E-state index in [0.717, 1.165) is 42.7 Å². The predicted molar refractivity (Wildman–Crippen MR) is 170 cm³/mol. The molecule has 3 heterocycles. The number of rotatable bonds is 11. The van der Waals surface area contributed by atoms with Gasteiger partial charge in [0.1, 0.15) is 5.82 Å². The SMILES string of the molecule is CN(C)CCCC(=O)Nc1ccc(C(=O)Nc2cncc(Nc3ccc(-c4ccc(N5CCCC5=O)cc4)cn3)c2)cc1. The molecule has 0 unspecified atom stereocenters. The van der Waals surface area contributed by atoms with E-state index in [1.807, 2.05) is 60.3 Å². The van der Waals surface area contributed by atoms with Gasteiger partial charge in [-0.3, -0.25) is 19.4 Å². The van der Waals surface area contributed by atoms with Crippen molar-refractivity contribution in [3.05, 3.63) is 90.9 Å². The summed E-state index contributed by atoms with van der Waals surface area (Å²) in [6, 6.07) is 20.3. The largest absolute Gasteiger partial charge is 0.339 e. The third kappa shape index (κ3) is 8.02. The Morgan fingerprint density at radius 3 is 2.28 bits per heavy atom. The molecule has 2 aromatic carbocycles. The van der Waals surface area contributed by atoms with Crippen LogP contribution in [0.5, 0.6) is 0 Å². The van der Waals surface area contributed by atoms with Crippen LogP contribution in [0.1, 0.15) is 36.0 Å².